The Hall–Kier alpha value is -4.53. The number of nitrogens with one attached hydrogen (secondary N) is 1. The number of hydrogen-bond donors (Lipinski definition) is 2. The van der Waals surface area contributed by atoms with Gasteiger partial charge in [-0.05, 0) is 49.6 Å². The first-order chi connectivity index (χ1) is 20.3. The van der Waals surface area contributed by atoms with E-state index < -0.39 is 17.9 Å². The number of hydrogen-bond acceptors (Lipinski definition) is 6. The smallest absolute Gasteiger partial charge is 0.326 e. The lowest BCUT2D eigenvalue weighted by Gasteiger charge is -2.14. The number of carboxylic acid groups (broad SMARTS) is 1. The van der Waals surface area contributed by atoms with E-state index in [0.29, 0.717) is 5.82 Å². The molecule has 9 nitrogen and oxygen atoms in total. The van der Waals surface area contributed by atoms with Crippen LogP contribution in [0.4, 0.5) is 0 Å². The fourth-order valence-corrected chi connectivity index (χ4v) is 4.47. The molecule has 2 N–H and O–H groups in total. The van der Waals surface area contributed by atoms with Crippen molar-refractivity contribution in [2.75, 3.05) is 6.61 Å². The second-order valence-corrected chi connectivity index (χ2v) is 10.6. The van der Waals surface area contributed by atoms with Gasteiger partial charge in [-0.25, -0.2) is 14.8 Å². The minimum atomic E-state index is -1.11. The highest BCUT2D eigenvalue weighted by Crippen LogP contribution is 2.24. The molecule has 1 unspecified atom stereocenters. The van der Waals surface area contributed by atoms with Crippen molar-refractivity contribution in [1.29, 1.82) is 0 Å². The summed E-state index contributed by atoms with van der Waals surface area (Å²) < 4.78 is 7.51. The van der Waals surface area contributed by atoms with Gasteiger partial charge in [-0.1, -0.05) is 69.0 Å². The van der Waals surface area contributed by atoms with Crippen LogP contribution in [0.3, 0.4) is 0 Å². The van der Waals surface area contributed by atoms with Gasteiger partial charge in [0.25, 0.3) is 5.91 Å². The number of unbranched alkanes of at least 4 members (excludes halogenated alkanes) is 4. The van der Waals surface area contributed by atoms with E-state index in [0.717, 1.165) is 41.0 Å². The van der Waals surface area contributed by atoms with Crippen LogP contribution in [0.15, 0.2) is 73.2 Å². The minimum absolute atomic E-state index is 0.0988. The predicted molar refractivity (Wildman–Crippen MR) is 162 cm³/mol. The molecule has 4 rings (SSSR count). The Bertz CT molecular complexity index is 1430. The monoisotopic (exact) mass is 569 g/mol. The topological polar surface area (TPSA) is 119 Å². The van der Waals surface area contributed by atoms with Crippen LogP contribution in [0.2, 0.25) is 0 Å². The molecule has 220 valence electrons. The van der Waals surface area contributed by atoms with Gasteiger partial charge in [0.1, 0.15) is 17.5 Å². The second-order valence-electron chi connectivity index (χ2n) is 10.6. The van der Waals surface area contributed by atoms with E-state index in [2.05, 4.69) is 27.3 Å². The summed E-state index contributed by atoms with van der Waals surface area (Å²) in [4.78, 5) is 33.5. The van der Waals surface area contributed by atoms with Crippen LogP contribution < -0.4 is 10.1 Å². The summed E-state index contributed by atoms with van der Waals surface area (Å²) in [6, 6.07) is 15.9. The van der Waals surface area contributed by atoms with Crippen molar-refractivity contribution in [3.05, 3.63) is 84.4 Å². The summed E-state index contributed by atoms with van der Waals surface area (Å²) in [5.74, 6) is -0.209. The van der Waals surface area contributed by atoms with Crippen LogP contribution in [0.25, 0.3) is 22.5 Å². The fourth-order valence-electron chi connectivity index (χ4n) is 4.47. The molecule has 4 aromatic rings. The van der Waals surface area contributed by atoms with Crippen LogP contribution in [-0.4, -0.2) is 49.4 Å². The maximum Gasteiger partial charge on any atom is 0.326 e. The molecule has 0 radical (unpaired) electrons. The molecule has 0 saturated heterocycles. The van der Waals surface area contributed by atoms with Gasteiger partial charge in [0.2, 0.25) is 0 Å². The highest BCUT2D eigenvalue weighted by molar-refractivity contribution is 5.95. The number of nitrogens with zero attached hydrogens (tertiary/aromatic N) is 4. The standard InChI is InChI=1S/C33H39N5O4/c1-4-5-6-7-8-19-42-28-15-13-25(14-16-28)27-21-34-31(35-22-27)26-11-9-24(10-12-26)20-30(33(40)41)36-32(39)29-17-18-38(37-29)23(2)3/h9-18,21-23,30H,4-8,19-20H2,1-3H3,(H,36,39)(H,40,41). The highest BCUT2D eigenvalue weighted by Gasteiger charge is 2.22. The Labute approximate surface area is 247 Å². The Balaban J connectivity index is 1.32. The molecule has 42 heavy (non-hydrogen) atoms. The lowest BCUT2D eigenvalue weighted by molar-refractivity contribution is -0.139. The van der Waals surface area contributed by atoms with Gasteiger partial charge in [0.05, 0.1) is 6.61 Å². The zero-order valence-electron chi connectivity index (χ0n) is 24.5. The summed E-state index contributed by atoms with van der Waals surface area (Å²) in [6.07, 6.45) is 11.5. The molecule has 0 bridgehead atoms. The molecular weight excluding hydrogens is 530 g/mol. The molecular formula is C33H39N5O4. The number of ether oxygens (including phenoxy) is 1. The maximum absolute atomic E-state index is 12.6. The first kappa shape index (κ1) is 30.4. The maximum atomic E-state index is 12.6. The molecule has 0 spiro atoms. The van der Waals surface area contributed by atoms with E-state index in [-0.39, 0.29) is 18.2 Å². The third-order valence-electron chi connectivity index (χ3n) is 6.98. The summed E-state index contributed by atoms with van der Waals surface area (Å²) in [5, 5.41) is 16.5. The molecule has 0 aliphatic rings. The number of carbonyl (C=O) groups excluding carboxylic acids is 1. The first-order valence-electron chi connectivity index (χ1n) is 14.6. The molecule has 0 fully saturated rings. The zero-order valence-corrected chi connectivity index (χ0v) is 24.5. The summed E-state index contributed by atoms with van der Waals surface area (Å²) in [5.41, 5.74) is 3.66. The molecule has 0 saturated carbocycles. The molecule has 1 atom stereocenters. The molecule has 0 aliphatic heterocycles. The first-order valence-corrected chi connectivity index (χ1v) is 14.6. The summed E-state index contributed by atoms with van der Waals surface area (Å²) in [6.45, 7) is 6.84. The minimum Gasteiger partial charge on any atom is -0.494 e. The van der Waals surface area contributed by atoms with Crippen LogP contribution in [0.1, 0.15) is 75.0 Å². The third-order valence-corrected chi connectivity index (χ3v) is 6.98. The van der Waals surface area contributed by atoms with Crippen LogP contribution >= 0.6 is 0 Å². The average molecular weight is 570 g/mol. The van der Waals surface area contributed by atoms with E-state index in [1.54, 1.807) is 29.3 Å². The van der Waals surface area contributed by atoms with E-state index in [1.165, 1.54) is 25.7 Å². The van der Waals surface area contributed by atoms with Gasteiger partial charge in [-0.3, -0.25) is 9.48 Å². The summed E-state index contributed by atoms with van der Waals surface area (Å²) >= 11 is 0. The Kier molecular flexibility index (Phi) is 10.8. The Morgan fingerprint density at radius 1 is 0.881 bits per heavy atom. The third kappa shape index (κ3) is 8.49. The number of carboxylic acids is 1. The largest absolute Gasteiger partial charge is 0.494 e. The van der Waals surface area contributed by atoms with Gasteiger partial charge >= 0.3 is 5.97 Å². The van der Waals surface area contributed by atoms with Crippen molar-refractivity contribution < 1.29 is 19.4 Å². The average Bonchev–Trinajstić information content (AvgIpc) is 3.51. The van der Waals surface area contributed by atoms with Crippen molar-refractivity contribution in [2.45, 2.75) is 71.4 Å². The number of aliphatic carboxylic acids is 1. The Morgan fingerprint density at radius 3 is 2.17 bits per heavy atom. The van der Waals surface area contributed by atoms with Gasteiger partial charge < -0.3 is 15.2 Å². The van der Waals surface area contributed by atoms with Crippen LogP contribution in [-0.2, 0) is 11.2 Å². The number of amides is 1. The molecule has 1 amide bonds. The number of aromatic nitrogens is 4. The lowest BCUT2D eigenvalue weighted by Crippen LogP contribution is -2.42. The van der Waals surface area contributed by atoms with Crippen molar-refractivity contribution in [3.8, 4) is 28.3 Å². The Morgan fingerprint density at radius 2 is 1.55 bits per heavy atom. The van der Waals surface area contributed by atoms with Gasteiger partial charge in [-0.2, -0.15) is 5.10 Å². The van der Waals surface area contributed by atoms with E-state index in [1.807, 2.05) is 62.4 Å². The second kappa shape index (κ2) is 14.9. The van der Waals surface area contributed by atoms with Gasteiger partial charge in [-0.15, -0.1) is 0 Å². The van der Waals surface area contributed by atoms with Gasteiger partial charge in [0.15, 0.2) is 5.82 Å². The molecule has 9 heteroatoms. The van der Waals surface area contributed by atoms with Crippen molar-refractivity contribution in [3.63, 3.8) is 0 Å². The van der Waals surface area contributed by atoms with E-state index >= 15 is 0 Å². The van der Waals surface area contributed by atoms with Gasteiger partial charge in [0, 0.05) is 42.2 Å². The van der Waals surface area contributed by atoms with Crippen LogP contribution in [0, 0.1) is 0 Å². The predicted octanol–water partition coefficient (Wildman–Crippen LogP) is 6.36. The van der Waals surface area contributed by atoms with E-state index in [9.17, 15) is 14.7 Å². The van der Waals surface area contributed by atoms with Crippen molar-refractivity contribution in [2.24, 2.45) is 0 Å². The van der Waals surface area contributed by atoms with E-state index in [4.69, 9.17) is 4.74 Å². The molecule has 0 aliphatic carbocycles. The normalized spacial score (nSPS) is 11.8. The molecule has 2 heterocycles. The van der Waals surface area contributed by atoms with Crippen LogP contribution in [0.5, 0.6) is 5.75 Å². The number of carbonyl (C=O) groups is 2. The lowest BCUT2D eigenvalue weighted by atomic mass is 10.0. The SMILES string of the molecule is CCCCCCCOc1ccc(-c2cnc(-c3ccc(CC(NC(=O)c4ccn(C(C)C)n4)C(=O)O)cc3)nc2)cc1. The van der Waals surface area contributed by atoms with Crippen molar-refractivity contribution >= 4 is 11.9 Å². The molecule has 2 aromatic heterocycles. The molecule has 2 aromatic carbocycles. The summed E-state index contributed by atoms with van der Waals surface area (Å²) in [7, 11) is 0. The fraction of sp³-hybridized carbons (Fsp3) is 0.364. The quantitative estimate of drug-likeness (QED) is 0.160. The zero-order chi connectivity index (χ0) is 29.9. The number of rotatable bonds is 15. The number of benzene rings is 2. The highest BCUT2D eigenvalue weighted by atomic mass is 16.5. The van der Waals surface area contributed by atoms with Crippen molar-refractivity contribution in [1.82, 2.24) is 25.1 Å².